The lowest BCUT2D eigenvalue weighted by molar-refractivity contribution is 0.418. The Morgan fingerprint density at radius 2 is 1.95 bits per heavy atom. The zero-order valence-electron chi connectivity index (χ0n) is 11.1. The molecule has 0 aliphatic heterocycles. The van der Waals surface area contributed by atoms with E-state index in [1.165, 1.54) is 0 Å². The van der Waals surface area contributed by atoms with E-state index in [-0.39, 0.29) is 0 Å². The van der Waals surface area contributed by atoms with E-state index in [1.54, 1.807) is 12.1 Å². The van der Waals surface area contributed by atoms with Crippen LogP contribution in [0.4, 0.5) is 0 Å². The molecule has 1 saturated carbocycles. The van der Waals surface area contributed by atoms with Crippen molar-refractivity contribution >= 4 is 21.6 Å². The minimum Gasteiger partial charge on any atom is -0.211 e. The molecule has 19 heavy (non-hydrogen) atoms. The quantitative estimate of drug-likeness (QED) is 0.850. The molecule has 0 heterocycles. The maximum Gasteiger partial charge on any atom is 0.240 e. The molecule has 2 unspecified atom stereocenters. The van der Waals surface area contributed by atoms with Crippen LogP contribution < -0.4 is 4.72 Å². The molecule has 0 aromatic heterocycles. The number of hydrogen-bond acceptors (Lipinski definition) is 2. The van der Waals surface area contributed by atoms with Gasteiger partial charge in [0.05, 0.1) is 4.90 Å². The Morgan fingerprint density at radius 1 is 1.26 bits per heavy atom. The SMILES string of the molecule is Cc1ccccc1S(=O)(=O)NCC1CCCC1CCl. The number of rotatable bonds is 5. The third-order valence-corrected chi connectivity index (χ3v) is 5.91. The fourth-order valence-corrected chi connectivity index (χ4v) is 4.48. The van der Waals surface area contributed by atoms with E-state index in [9.17, 15) is 8.42 Å². The molecule has 0 spiro atoms. The summed E-state index contributed by atoms with van der Waals surface area (Å²) in [5, 5.41) is 0. The van der Waals surface area contributed by atoms with Crippen molar-refractivity contribution in [1.82, 2.24) is 4.72 Å². The van der Waals surface area contributed by atoms with Gasteiger partial charge in [-0.05, 0) is 43.2 Å². The van der Waals surface area contributed by atoms with E-state index in [1.807, 2.05) is 19.1 Å². The smallest absolute Gasteiger partial charge is 0.211 e. The molecule has 106 valence electrons. The number of benzene rings is 1. The second-order valence-electron chi connectivity index (χ2n) is 5.22. The lowest BCUT2D eigenvalue weighted by Crippen LogP contribution is -2.31. The summed E-state index contributed by atoms with van der Waals surface area (Å²) >= 11 is 5.92. The van der Waals surface area contributed by atoms with Crippen LogP contribution in [0, 0.1) is 18.8 Å². The molecule has 1 aromatic carbocycles. The average Bonchev–Trinajstić information content (AvgIpc) is 2.84. The number of nitrogens with one attached hydrogen (secondary N) is 1. The normalized spacial score (nSPS) is 23.7. The van der Waals surface area contributed by atoms with Crippen LogP contribution in [0.1, 0.15) is 24.8 Å². The maximum atomic E-state index is 12.3. The lowest BCUT2D eigenvalue weighted by atomic mass is 9.98. The highest BCUT2D eigenvalue weighted by Gasteiger charge is 2.28. The van der Waals surface area contributed by atoms with Crippen LogP contribution in [0.5, 0.6) is 0 Å². The molecule has 0 radical (unpaired) electrons. The Bertz CT molecular complexity index is 530. The number of hydrogen-bond donors (Lipinski definition) is 1. The molecule has 0 amide bonds. The summed E-state index contributed by atoms with van der Waals surface area (Å²) in [5.74, 6) is 1.44. The number of aryl methyl sites for hydroxylation is 1. The molecular weight excluding hydrogens is 282 g/mol. The number of sulfonamides is 1. The van der Waals surface area contributed by atoms with Crippen molar-refractivity contribution < 1.29 is 8.42 Å². The molecule has 1 fully saturated rings. The van der Waals surface area contributed by atoms with Gasteiger partial charge in [0.15, 0.2) is 0 Å². The molecule has 3 nitrogen and oxygen atoms in total. The van der Waals surface area contributed by atoms with Gasteiger partial charge >= 0.3 is 0 Å². The van der Waals surface area contributed by atoms with E-state index in [2.05, 4.69) is 4.72 Å². The largest absolute Gasteiger partial charge is 0.240 e. The summed E-state index contributed by atoms with van der Waals surface area (Å²) in [6.07, 6.45) is 3.32. The van der Waals surface area contributed by atoms with Gasteiger partial charge in [0.1, 0.15) is 0 Å². The standard InChI is InChI=1S/C14H20ClNO2S/c1-11-5-2-3-8-14(11)19(17,18)16-10-13-7-4-6-12(13)9-15/h2-3,5,8,12-13,16H,4,6-7,9-10H2,1H3. The average molecular weight is 302 g/mol. The Morgan fingerprint density at radius 3 is 2.63 bits per heavy atom. The van der Waals surface area contributed by atoms with Crippen molar-refractivity contribution in [3.63, 3.8) is 0 Å². The lowest BCUT2D eigenvalue weighted by Gasteiger charge is -2.18. The maximum absolute atomic E-state index is 12.3. The number of halogens is 1. The zero-order chi connectivity index (χ0) is 13.9. The zero-order valence-corrected chi connectivity index (χ0v) is 12.7. The fourth-order valence-electron chi connectivity index (χ4n) is 2.74. The summed E-state index contributed by atoms with van der Waals surface area (Å²) in [4.78, 5) is 0.371. The van der Waals surface area contributed by atoms with Gasteiger partial charge in [0.2, 0.25) is 10.0 Å². The van der Waals surface area contributed by atoms with Crippen molar-refractivity contribution in [2.75, 3.05) is 12.4 Å². The Kier molecular flexibility index (Phi) is 4.87. The van der Waals surface area contributed by atoms with Crippen LogP contribution in [-0.2, 0) is 10.0 Å². The van der Waals surface area contributed by atoms with Crippen LogP contribution in [-0.4, -0.2) is 20.8 Å². The monoisotopic (exact) mass is 301 g/mol. The second-order valence-corrected chi connectivity index (χ2v) is 7.27. The minimum atomic E-state index is -3.40. The molecule has 0 bridgehead atoms. The molecular formula is C14H20ClNO2S. The van der Waals surface area contributed by atoms with Gasteiger partial charge in [-0.3, -0.25) is 0 Å². The summed E-state index contributed by atoms with van der Waals surface area (Å²) in [7, 11) is -3.40. The molecule has 1 aliphatic carbocycles. The van der Waals surface area contributed by atoms with Crippen LogP contribution in [0.25, 0.3) is 0 Å². The Balaban J connectivity index is 2.04. The predicted octanol–water partition coefficient (Wildman–Crippen LogP) is 2.93. The summed E-state index contributed by atoms with van der Waals surface area (Å²) in [6, 6.07) is 7.05. The van der Waals surface area contributed by atoms with Crippen LogP contribution in [0.2, 0.25) is 0 Å². The molecule has 1 N–H and O–H groups in total. The van der Waals surface area contributed by atoms with Gasteiger partial charge in [-0.2, -0.15) is 0 Å². The molecule has 1 aliphatic rings. The van der Waals surface area contributed by atoms with Crippen molar-refractivity contribution in [3.05, 3.63) is 29.8 Å². The van der Waals surface area contributed by atoms with Crippen LogP contribution in [0.3, 0.4) is 0 Å². The highest BCUT2D eigenvalue weighted by Crippen LogP contribution is 2.32. The summed E-state index contributed by atoms with van der Waals surface area (Å²) in [5.41, 5.74) is 0.773. The third-order valence-electron chi connectivity index (χ3n) is 3.93. The van der Waals surface area contributed by atoms with Gasteiger partial charge < -0.3 is 0 Å². The van der Waals surface area contributed by atoms with Gasteiger partial charge in [0, 0.05) is 12.4 Å². The first kappa shape index (κ1) is 14.8. The van der Waals surface area contributed by atoms with E-state index >= 15 is 0 Å². The number of alkyl halides is 1. The molecule has 2 atom stereocenters. The highest BCUT2D eigenvalue weighted by atomic mass is 35.5. The topological polar surface area (TPSA) is 46.2 Å². The Labute approximate surface area is 120 Å². The molecule has 5 heteroatoms. The predicted molar refractivity (Wildman–Crippen MR) is 77.9 cm³/mol. The van der Waals surface area contributed by atoms with E-state index in [0.29, 0.717) is 29.2 Å². The van der Waals surface area contributed by atoms with Crippen molar-refractivity contribution in [1.29, 1.82) is 0 Å². The summed E-state index contributed by atoms with van der Waals surface area (Å²) in [6.45, 7) is 2.31. The first-order chi connectivity index (χ1) is 9.04. The van der Waals surface area contributed by atoms with Gasteiger partial charge in [-0.15, -0.1) is 11.6 Å². The van der Waals surface area contributed by atoms with Gasteiger partial charge in [0.25, 0.3) is 0 Å². The van der Waals surface area contributed by atoms with Crippen molar-refractivity contribution in [2.45, 2.75) is 31.1 Å². The van der Waals surface area contributed by atoms with Crippen molar-refractivity contribution in [2.24, 2.45) is 11.8 Å². The second kappa shape index (κ2) is 6.25. The fraction of sp³-hybridized carbons (Fsp3) is 0.571. The summed E-state index contributed by atoms with van der Waals surface area (Å²) < 4.78 is 27.3. The van der Waals surface area contributed by atoms with Crippen LogP contribution in [0.15, 0.2) is 29.2 Å². The van der Waals surface area contributed by atoms with E-state index < -0.39 is 10.0 Å². The third kappa shape index (κ3) is 3.50. The van der Waals surface area contributed by atoms with E-state index in [4.69, 9.17) is 11.6 Å². The van der Waals surface area contributed by atoms with E-state index in [0.717, 1.165) is 24.8 Å². The molecule has 0 saturated heterocycles. The minimum absolute atomic E-state index is 0.371. The first-order valence-corrected chi connectivity index (χ1v) is 8.67. The first-order valence-electron chi connectivity index (χ1n) is 6.66. The van der Waals surface area contributed by atoms with Crippen molar-refractivity contribution in [3.8, 4) is 0 Å². The van der Waals surface area contributed by atoms with Crippen LogP contribution >= 0.6 is 11.6 Å². The van der Waals surface area contributed by atoms with Gasteiger partial charge in [-0.1, -0.05) is 24.6 Å². The molecule has 2 rings (SSSR count). The Hall–Kier alpha value is -0.580. The molecule has 1 aromatic rings. The highest BCUT2D eigenvalue weighted by molar-refractivity contribution is 7.89. The van der Waals surface area contributed by atoms with Gasteiger partial charge in [-0.25, -0.2) is 13.1 Å².